The summed E-state index contributed by atoms with van der Waals surface area (Å²) in [6.45, 7) is 3.17. The normalized spacial score (nSPS) is 12.2. The first-order valence-corrected chi connectivity index (χ1v) is 7.37. The number of aliphatic hydroxyl groups is 1. The van der Waals surface area contributed by atoms with Gasteiger partial charge in [-0.2, -0.15) is 0 Å². The third-order valence-electron chi connectivity index (χ3n) is 2.64. The lowest BCUT2D eigenvalue weighted by Gasteiger charge is -2.10. The molecule has 0 aliphatic rings. The number of nitrogens with one attached hydrogen (secondary N) is 2. The van der Waals surface area contributed by atoms with Crippen molar-refractivity contribution in [2.75, 3.05) is 37.1 Å². The second-order valence-electron chi connectivity index (χ2n) is 4.23. The fourth-order valence-electron chi connectivity index (χ4n) is 1.49. The maximum atomic E-state index is 8.94. The SMILES string of the molecule is CNc1cc(NCCCC(C)CO)nc(SC)n1. The number of nitrogens with zero attached hydrogens (tertiary/aromatic N) is 2. The van der Waals surface area contributed by atoms with Crippen molar-refractivity contribution in [3.05, 3.63) is 6.07 Å². The summed E-state index contributed by atoms with van der Waals surface area (Å²) in [5.74, 6) is 2.03. The van der Waals surface area contributed by atoms with Crippen LogP contribution in [-0.2, 0) is 0 Å². The fourth-order valence-corrected chi connectivity index (χ4v) is 1.87. The van der Waals surface area contributed by atoms with E-state index in [-0.39, 0.29) is 6.61 Å². The lowest BCUT2D eigenvalue weighted by Crippen LogP contribution is -2.08. The number of aliphatic hydroxyl groups excluding tert-OH is 1. The Morgan fingerprint density at radius 1 is 1.39 bits per heavy atom. The Bertz CT molecular complexity index is 340. The molecule has 0 fully saturated rings. The van der Waals surface area contributed by atoms with Gasteiger partial charge in [0.15, 0.2) is 5.16 Å². The molecule has 5 nitrogen and oxygen atoms in total. The molecular weight excluding hydrogens is 248 g/mol. The summed E-state index contributed by atoms with van der Waals surface area (Å²) in [6, 6.07) is 1.90. The highest BCUT2D eigenvalue weighted by atomic mass is 32.2. The number of hydrogen-bond donors (Lipinski definition) is 3. The second-order valence-corrected chi connectivity index (χ2v) is 5.01. The molecule has 0 aromatic carbocycles. The van der Waals surface area contributed by atoms with E-state index in [0.717, 1.165) is 36.2 Å². The van der Waals surface area contributed by atoms with Crippen LogP contribution in [-0.4, -0.2) is 41.5 Å². The Labute approximate surface area is 113 Å². The Balaban J connectivity index is 2.46. The Morgan fingerprint density at radius 2 is 2.11 bits per heavy atom. The van der Waals surface area contributed by atoms with Gasteiger partial charge < -0.3 is 15.7 Å². The quantitative estimate of drug-likeness (QED) is 0.381. The zero-order chi connectivity index (χ0) is 13.4. The number of aromatic nitrogens is 2. The van der Waals surface area contributed by atoms with Crippen LogP contribution in [0.1, 0.15) is 19.8 Å². The van der Waals surface area contributed by atoms with E-state index >= 15 is 0 Å². The molecule has 1 heterocycles. The summed E-state index contributed by atoms with van der Waals surface area (Å²) >= 11 is 1.52. The van der Waals surface area contributed by atoms with Gasteiger partial charge in [0.05, 0.1) is 0 Å². The third kappa shape index (κ3) is 5.10. The monoisotopic (exact) mass is 270 g/mol. The maximum Gasteiger partial charge on any atom is 0.191 e. The van der Waals surface area contributed by atoms with Crippen LogP contribution in [0.5, 0.6) is 0 Å². The molecule has 6 heteroatoms. The standard InChI is InChI=1S/C12H22N4OS/c1-9(8-17)5-4-6-14-11-7-10(13-2)15-12(16-11)18-3/h7,9,17H,4-6,8H2,1-3H3,(H2,13,14,15,16). The predicted molar refractivity (Wildman–Crippen MR) is 77.3 cm³/mol. The number of rotatable bonds is 8. The van der Waals surface area contributed by atoms with E-state index in [9.17, 15) is 0 Å². The lowest BCUT2D eigenvalue weighted by molar-refractivity contribution is 0.229. The molecule has 102 valence electrons. The van der Waals surface area contributed by atoms with Crippen LogP contribution in [0.2, 0.25) is 0 Å². The zero-order valence-corrected chi connectivity index (χ0v) is 12.0. The minimum atomic E-state index is 0.258. The molecule has 1 rings (SSSR count). The van der Waals surface area contributed by atoms with Gasteiger partial charge >= 0.3 is 0 Å². The van der Waals surface area contributed by atoms with Crippen molar-refractivity contribution in [3.63, 3.8) is 0 Å². The summed E-state index contributed by atoms with van der Waals surface area (Å²) in [6.07, 6.45) is 4.00. The minimum absolute atomic E-state index is 0.258. The predicted octanol–water partition coefficient (Wildman–Crippen LogP) is 2.06. The van der Waals surface area contributed by atoms with Crippen molar-refractivity contribution in [3.8, 4) is 0 Å². The highest BCUT2D eigenvalue weighted by molar-refractivity contribution is 7.98. The van der Waals surface area contributed by atoms with E-state index in [4.69, 9.17) is 5.11 Å². The molecule has 0 bridgehead atoms. The minimum Gasteiger partial charge on any atom is -0.396 e. The Kier molecular flexibility index (Phi) is 6.82. The van der Waals surface area contributed by atoms with Crippen LogP contribution in [0.3, 0.4) is 0 Å². The molecule has 1 aromatic rings. The molecule has 18 heavy (non-hydrogen) atoms. The molecule has 1 atom stereocenters. The topological polar surface area (TPSA) is 70.1 Å². The van der Waals surface area contributed by atoms with E-state index in [1.807, 2.05) is 19.4 Å². The van der Waals surface area contributed by atoms with Crippen LogP contribution >= 0.6 is 11.8 Å². The van der Waals surface area contributed by atoms with Crippen molar-refractivity contribution in [2.24, 2.45) is 5.92 Å². The van der Waals surface area contributed by atoms with Gasteiger partial charge in [-0.3, -0.25) is 0 Å². The molecule has 0 amide bonds. The average Bonchev–Trinajstić information content (AvgIpc) is 2.42. The summed E-state index contributed by atoms with van der Waals surface area (Å²) in [7, 11) is 1.85. The van der Waals surface area contributed by atoms with Crippen LogP contribution in [0.15, 0.2) is 11.2 Å². The van der Waals surface area contributed by atoms with Gasteiger partial charge in [-0.1, -0.05) is 18.7 Å². The molecule has 0 aliphatic carbocycles. The van der Waals surface area contributed by atoms with E-state index in [1.165, 1.54) is 11.8 Å². The second kappa shape index (κ2) is 8.16. The number of thioether (sulfide) groups is 1. The maximum absolute atomic E-state index is 8.94. The van der Waals surface area contributed by atoms with Crippen molar-refractivity contribution >= 4 is 23.4 Å². The van der Waals surface area contributed by atoms with Crippen molar-refractivity contribution in [2.45, 2.75) is 24.9 Å². The molecule has 0 saturated heterocycles. The van der Waals surface area contributed by atoms with E-state index in [2.05, 4.69) is 27.5 Å². The highest BCUT2D eigenvalue weighted by Gasteiger charge is 2.03. The molecule has 1 unspecified atom stereocenters. The lowest BCUT2D eigenvalue weighted by atomic mass is 10.1. The molecule has 0 spiro atoms. The highest BCUT2D eigenvalue weighted by Crippen LogP contribution is 2.17. The van der Waals surface area contributed by atoms with Crippen LogP contribution in [0, 0.1) is 5.92 Å². The van der Waals surface area contributed by atoms with Crippen molar-refractivity contribution in [1.29, 1.82) is 0 Å². The molecule has 1 aromatic heterocycles. The number of hydrogen-bond acceptors (Lipinski definition) is 6. The van der Waals surface area contributed by atoms with E-state index < -0.39 is 0 Å². The van der Waals surface area contributed by atoms with Gasteiger partial charge in [0, 0.05) is 26.3 Å². The summed E-state index contributed by atoms with van der Waals surface area (Å²) in [5.41, 5.74) is 0. The van der Waals surface area contributed by atoms with Gasteiger partial charge in [0.25, 0.3) is 0 Å². The largest absolute Gasteiger partial charge is 0.396 e. The van der Waals surface area contributed by atoms with Gasteiger partial charge in [-0.15, -0.1) is 0 Å². The van der Waals surface area contributed by atoms with Gasteiger partial charge in [0.2, 0.25) is 0 Å². The van der Waals surface area contributed by atoms with Crippen molar-refractivity contribution < 1.29 is 5.11 Å². The first kappa shape index (κ1) is 15.0. The molecule has 0 aliphatic heterocycles. The number of anilines is 2. The first-order valence-electron chi connectivity index (χ1n) is 6.15. The first-order chi connectivity index (χ1) is 8.69. The van der Waals surface area contributed by atoms with E-state index in [0.29, 0.717) is 5.92 Å². The molecule has 3 N–H and O–H groups in total. The molecule has 0 saturated carbocycles. The summed E-state index contributed by atoms with van der Waals surface area (Å²) in [5, 5.41) is 16.0. The van der Waals surface area contributed by atoms with Crippen LogP contribution in [0.25, 0.3) is 0 Å². The van der Waals surface area contributed by atoms with E-state index in [1.54, 1.807) is 0 Å². The Morgan fingerprint density at radius 3 is 2.72 bits per heavy atom. The Hall–Kier alpha value is -1.01. The molecular formula is C12H22N4OS. The van der Waals surface area contributed by atoms with Gasteiger partial charge in [-0.25, -0.2) is 9.97 Å². The molecule has 0 radical (unpaired) electrons. The van der Waals surface area contributed by atoms with Gasteiger partial charge in [-0.05, 0) is 25.0 Å². The van der Waals surface area contributed by atoms with Crippen LogP contribution < -0.4 is 10.6 Å². The summed E-state index contributed by atoms with van der Waals surface area (Å²) in [4.78, 5) is 8.70. The third-order valence-corrected chi connectivity index (χ3v) is 3.18. The smallest absolute Gasteiger partial charge is 0.191 e. The van der Waals surface area contributed by atoms with Crippen LogP contribution in [0.4, 0.5) is 11.6 Å². The average molecular weight is 270 g/mol. The fraction of sp³-hybridized carbons (Fsp3) is 0.667. The zero-order valence-electron chi connectivity index (χ0n) is 11.2. The van der Waals surface area contributed by atoms with Gasteiger partial charge in [0.1, 0.15) is 11.6 Å². The summed E-state index contributed by atoms with van der Waals surface area (Å²) < 4.78 is 0. The van der Waals surface area contributed by atoms with Crippen molar-refractivity contribution in [1.82, 2.24) is 9.97 Å².